The molecule has 1 aliphatic heterocycles. The summed E-state index contributed by atoms with van der Waals surface area (Å²) in [5.74, 6) is -1.67. The quantitative estimate of drug-likeness (QED) is 0.601. The number of aromatic hydroxyl groups is 1. The highest BCUT2D eigenvalue weighted by Crippen LogP contribution is 2.34. The number of carbonyl (C=O) groups is 3. The highest BCUT2D eigenvalue weighted by molar-refractivity contribution is 6.46. The SMILES string of the molecule is COc1ccc(/C=C2\C(=O)NC(=O)N(c3cccc(Cl)c3Cl)C2=O)cc1O. The van der Waals surface area contributed by atoms with Crippen LogP contribution in [0.15, 0.2) is 42.0 Å². The lowest BCUT2D eigenvalue weighted by Crippen LogP contribution is -2.54. The first kappa shape index (κ1) is 18.8. The first-order chi connectivity index (χ1) is 12.8. The number of amides is 4. The molecule has 27 heavy (non-hydrogen) atoms. The number of hydrogen-bond acceptors (Lipinski definition) is 5. The maximum atomic E-state index is 12.8. The van der Waals surface area contributed by atoms with Crippen LogP contribution in [0.2, 0.25) is 10.0 Å². The van der Waals surface area contributed by atoms with E-state index in [4.69, 9.17) is 27.9 Å². The lowest BCUT2D eigenvalue weighted by atomic mass is 10.1. The smallest absolute Gasteiger partial charge is 0.336 e. The first-order valence-electron chi connectivity index (χ1n) is 7.56. The normalized spacial score (nSPS) is 15.9. The Morgan fingerprint density at radius 3 is 2.56 bits per heavy atom. The minimum atomic E-state index is -0.941. The molecule has 4 amide bonds. The number of imide groups is 2. The van der Waals surface area contributed by atoms with Crippen LogP contribution in [0.1, 0.15) is 5.56 Å². The maximum absolute atomic E-state index is 12.8. The number of barbiturate groups is 1. The summed E-state index contributed by atoms with van der Waals surface area (Å²) in [6.45, 7) is 0. The Morgan fingerprint density at radius 2 is 1.89 bits per heavy atom. The molecule has 138 valence electrons. The van der Waals surface area contributed by atoms with Gasteiger partial charge in [0, 0.05) is 0 Å². The van der Waals surface area contributed by atoms with E-state index in [1.165, 1.54) is 43.5 Å². The second kappa shape index (κ2) is 7.30. The number of benzene rings is 2. The van der Waals surface area contributed by atoms with Gasteiger partial charge in [-0.05, 0) is 35.9 Å². The summed E-state index contributed by atoms with van der Waals surface area (Å²) in [6.07, 6.45) is 1.24. The summed E-state index contributed by atoms with van der Waals surface area (Å²) in [6, 6.07) is 7.84. The van der Waals surface area contributed by atoms with E-state index in [1.807, 2.05) is 0 Å². The van der Waals surface area contributed by atoms with E-state index in [1.54, 1.807) is 6.07 Å². The molecule has 0 unspecified atom stereocenters. The molecule has 0 spiro atoms. The van der Waals surface area contributed by atoms with Gasteiger partial charge in [-0.3, -0.25) is 14.9 Å². The molecule has 2 N–H and O–H groups in total. The van der Waals surface area contributed by atoms with E-state index >= 15 is 0 Å². The van der Waals surface area contributed by atoms with Crippen LogP contribution >= 0.6 is 23.2 Å². The molecule has 0 atom stereocenters. The number of hydrogen-bond donors (Lipinski definition) is 2. The molecule has 1 saturated heterocycles. The minimum absolute atomic E-state index is 0.00143. The van der Waals surface area contributed by atoms with Crippen molar-refractivity contribution < 1.29 is 24.2 Å². The number of carbonyl (C=O) groups excluding carboxylic acids is 3. The second-order valence-corrected chi connectivity index (χ2v) is 6.25. The summed E-state index contributed by atoms with van der Waals surface area (Å²) in [5.41, 5.74) is 0.0937. The van der Waals surface area contributed by atoms with Gasteiger partial charge in [-0.15, -0.1) is 0 Å². The van der Waals surface area contributed by atoms with Crippen LogP contribution in [0.25, 0.3) is 6.08 Å². The lowest BCUT2D eigenvalue weighted by Gasteiger charge is -2.27. The fraction of sp³-hybridized carbons (Fsp3) is 0.0556. The molecule has 1 fully saturated rings. The van der Waals surface area contributed by atoms with Crippen molar-refractivity contribution in [3.05, 3.63) is 57.6 Å². The molecular weight excluding hydrogens is 395 g/mol. The third kappa shape index (κ3) is 3.47. The van der Waals surface area contributed by atoms with Crippen molar-refractivity contribution in [3.63, 3.8) is 0 Å². The zero-order valence-electron chi connectivity index (χ0n) is 13.8. The molecule has 0 saturated carbocycles. The second-order valence-electron chi connectivity index (χ2n) is 5.46. The molecule has 0 radical (unpaired) electrons. The third-order valence-electron chi connectivity index (χ3n) is 3.79. The van der Waals surface area contributed by atoms with Crippen LogP contribution in [0.3, 0.4) is 0 Å². The first-order valence-corrected chi connectivity index (χ1v) is 8.31. The number of halogens is 2. The summed E-state index contributed by atoms with van der Waals surface area (Å²) in [7, 11) is 1.39. The number of nitrogens with one attached hydrogen (secondary N) is 1. The highest BCUT2D eigenvalue weighted by atomic mass is 35.5. The fourth-order valence-electron chi connectivity index (χ4n) is 2.50. The molecule has 7 nitrogen and oxygen atoms in total. The lowest BCUT2D eigenvalue weighted by molar-refractivity contribution is -0.122. The van der Waals surface area contributed by atoms with Gasteiger partial charge in [-0.25, -0.2) is 9.69 Å². The number of phenolic OH excluding ortho intramolecular Hbond substituents is 1. The van der Waals surface area contributed by atoms with Crippen LogP contribution in [0.5, 0.6) is 11.5 Å². The highest BCUT2D eigenvalue weighted by Gasteiger charge is 2.38. The van der Waals surface area contributed by atoms with E-state index in [0.29, 0.717) is 5.56 Å². The van der Waals surface area contributed by atoms with Crippen molar-refractivity contribution in [2.45, 2.75) is 0 Å². The van der Waals surface area contributed by atoms with Gasteiger partial charge in [0.1, 0.15) is 5.57 Å². The van der Waals surface area contributed by atoms with E-state index in [0.717, 1.165) is 4.90 Å². The Balaban J connectivity index is 2.05. The van der Waals surface area contributed by atoms with Crippen molar-refractivity contribution in [1.29, 1.82) is 0 Å². The number of ether oxygens (including phenoxy) is 1. The van der Waals surface area contributed by atoms with Crippen molar-refractivity contribution in [2.75, 3.05) is 12.0 Å². The molecule has 0 aromatic heterocycles. The molecule has 2 aromatic rings. The predicted octanol–water partition coefficient (Wildman–Crippen LogP) is 3.37. The van der Waals surface area contributed by atoms with E-state index in [9.17, 15) is 19.5 Å². The fourth-order valence-corrected chi connectivity index (χ4v) is 2.88. The summed E-state index contributed by atoms with van der Waals surface area (Å²) in [4.78, 5) is 37.9. The number of anilines is 1. The zero-order valence-corrected chi connectivity index (χ0v) is 15.3. The number of urea groups is 1. The Bertz CT molecular complexity index is 1000. The largest absolute Gasteiger partial charge is 0.504 e. The van der Waals surface area contributed by atoms with Crippen molar-refractivity contribution in [2.24, 2.45) is 0 Å². The van der Waals surface area contributed by atoms with Crippen molar-refractivity contribution in [3.8, 4) is 11.5 Å². The van der Waals surface area contributed by atoms with Gasteiger partial charge in [0.05, 0.1) is 22.8 Å². The van der Waals surface area contributed by atoms with Crippen molar-refractivity contribution in [1.82, 2.24) is 5.32 Å². The van der Waals surface area contributed by atoms with Gasteiger partial charge in [0.2, 0.25) is 0 Å². The van der Waals surface area contributed by atoms with Crippen molar-refractivity contribution >= 4 is 52.8 Å². The Labute approximate surface area is 163 Å². The van der Waals surface area contributed by atoms with Gasteiger partial charge < -0.3 is 9.84 Å². The molecular formula is C18H12Cl2N2O5. The molecule has 1 aliphatic rings. The van der Waals surface area contributed by atoms with Crippen LogP contribution < -0.4 is 15.0 Å². The summed E-state index contributed by atoms with van der Waals surface area (Å²) in [5, 5.41) is 12.1. The van der Waals surface area contributed by atoms with Crippen LogP contribution in [-0.2, 0) is 9.59 Å². The van der Waals surface area contributed by atoms with E-state index < -0.39 is 17.8 Å². The zero-order chi connectivity index (χ0) is 19.7. The standard InChI is InChI=1S/C18H12Cl2N2O5/c1-27-14-6-5-9(8-13(14)23)7-10-16(24)21-18(26)22(17(10)25)12-4-2-3-11(19)15(12)20/h2-8,23H,1H3,(H,21,24,26)/b10-7+. The predicted molar refractivity (Wildman–Crippen MR) is 100 cm³/mol. The molecule has 1 heterocycles. The monoisotopic (exact) mass is 406 g/mol. The van der Waals surface area contributed by atoms with Gasteiger partial charge in [0.15, 0.2) is 11.5 Å². The number of methoxy groups -OCH3 is 1. The Hall–Kier alpha value is -3.03. The molecule has 0 aliphatic carbocycles. The van der Waals surface area contributed by atoms with Crippen LogP contribution in [0.4, 0.5) is 10.5 Å². The topological polar surface area (TPSA) is 95.9 Å². The van der Waals surface area contributed by atoms with Crippen LogP contribution in [-0.4, -0.2) is 30.1 Å². The van der Waals surface area contributed by atoms with Crippen LogP contribution in [0, 0.1) is 0 Å². The third-order valence-corrected chi connectivity index (χ3v) is 4.60. The average molecular weight is 407 g/mol. The van der Waals surface area contributed by atoms with E-state index in [-0.39, 0.29) is 32.8 Å². The summed E-state index contributed by atoms with van der Waals surface area (Å²) >= 11 is 12.0. The minimum Gasteiger partial charge on any atom is -0.504 e. The van der Waals surface area contributed by atoms with Gasteiger partial charge >= 0.3 is 6.03 Å². The van der Waals surface area contributed by atoms with E-state index in [2.05, 4.69) is 5.32 Å². The molecule has 9 heteroatoms. The summed E-state index contributed by atoms with van der Waals surface area (Å²) < 4.78 is 4.95. The maximum Gasteiger partial charge on any atom is 0.336 e. The molecule has 2 aromatic carbocycles. The van der Waals surface area contributed by atoms with Gasteiger partial charge in [-0.1, -0.05) is 35.3 Å². The Morgan fingerprint density at radius 1 is 1.15 bits per heavy atom. The molecule has 0 bridgehead atoms. The number of nitrogens with zero attached hydrogens (tertiary/aromatic N) is 1. The average Bonchev–Trinajstić information content (AvgIpc) is 2.62. The number of phenols is 1. The van der Waals surface area contributed by atoms with Gasteiger partial charge in [-0.2, -0.15) is 0 Å². The Kier molecular flexibility index (Phi) is 5.07. The molecule has 3 rings (SSSR count). The van der Waals surface area contributed by atoms with Gasteiger partial charge in [0.25, 0.3) is 11.8 Å². The number of rotatable bonds is 3.